The summed E-state index contributed by atoms with van der Waals surface area (Å²) in [6, 6.07) is 13.2. The molecule has 4 rings (SSSR count). The van der Waals surface area contributed by atoms with Gasteiger partial charge in [-0.3, -0.25) is 14.7 Å². The maximum atomic E-state index is 13.0. The molecule has 30 heavy (non-hydrogen) atoms. The Labute approximate surface area is 175 Å². The van der Waals surface area contributed by atoms with Crippen LogP contribution in [0.25, 0.3) is 16.9 Å². The molecule has 0 aliphatic rings. The minimum Gasteiger partial charge on any atom is -0.309 e. The molecule has 0 bridgehead atoms. The van der Waals surface area contributed by atoms with Crippen LogP contribution in [0.2, 0.25) is 0 Å². The topological polar surface area (TPSA) is 80.9 Å². The first-order valence-electron chi connectivity index (χ1n) is 10.1. The zero-order valence-electron chi connectivity index (χ0n) is 17.2. The van der Waals surface area contributed by atoms with Crippen molar-refractivity contribution in [2.24, 2.45) is 0 Å². The molecule has 0 spiro atoms. The maximum Gasteiger partial charge on any atom is 0.276 e. The van der Waals surface area contributed by atoms with Crippen molar-refractivity contribution < 1.29 is 4.79 Å². The van der Waals surface area contributed by atoms with Gasteiger partial charge in [0, 0.05) is 25.5 Å². The fourth-order valence-electron chi connectivity index (χ4n) is 3.43. The molecule has 1 N–H and O–H groups in total. The Morgan fingerprint density at radius 1 is 1.07 bits per heavy atom. The summed E-state index contributed by atoms with van der Waals surface area (Å²) in [6.07, 6.45) is 5.11. The summed E-state index contributed by atoms with van der Waals surface area (Å²) in [5.41, 5.74) is 2.18. The lowest BCUT2D eigenvalue weighted by atomic mass is 10.3. The molecule has 8 nitrogen and oxygen atoms in total. The van der Waals surface area contributed by atoms with E-state index in [0.29, 0.717) is 17.5 Å². The number of nitrogens with one attached hydrogen (secondary N) is 1. The Morgan fingerprint density at radius 2 is 1.90 bits per heavy atom. The fourth-order valence-corrected chi connectivity index (χ4v) is 3.43. The lowest BCUT2D eigenvalue weighted by Gasteiger charge is -2.19. The van der Waals surface area contributed by atoms with Gasteiger partial charge in [-0.15, -0.1) is 0 Å². The summed E-state index contributed by atoms with van der Waals surface area (Å²) in [5.74, 6) is 0.870. The van der Waals surface area contributed by atoms with Crippen molar-refractivity contribution in [3.8, 4) is 5.82 Å². The van der Waals surface area contributed by atoms with E-state index in [9.17, 15) is 4.79 Å². The van der Waals surface area contributed by atoms with Crippen LogP contribution < -0.4 is 5.32 Å². The Morgan fingerprint density at radius 3 is 2.67 bits per heavy atom. The second-order valence-electron chi connectivity index (χ2n) is 6.91. The summed E-state index contributed by atoms with van der Waals surface area (Å²) in [5, 5.41) is 2.96. The first-order valence-corrected chi connectivity index (χ1v) is 10.1. The number of benzene rings is 1. The largest absolute Gasteiger partial charge is 0.309 e. The highest BCUT2D eigenvalue weighted by molar-refractivity contribution is 6.02. The third-order valence-corrected chi connectivity index (χ3v) is 5.15. The molecule has 0 saturated heterocycles. The summed E-state index contributed by atoms with van der Waals surface area (Å²) in [6.45, 7) is 7.88. The van der Waals surface area contributed by atoms with Gasteiger partial charge in [-0.2, -0.15) is 0 Å². The number of carbonyl (C=O) groups excluding carboxylic acids is 1. The van der Waals surface area contributed by atoms with Gasteiger partial charge in [-0.05, 0) is 37.4 Å². The molecule has 0 atom stereocenters. The fraction of sp³-hybridized carbons (Fsp3) is 0.273. The van der Waals surface area contributed by atoms with Crippen molar-refractivity contribution in [2.75, 3.05) is 25.0 Å². The van der Waals surface area contributed by atoms with Gasteiger partial charge in [0.1, 0.15) is 17.8 Å². The molecule has 0 fully saturated rings. The number of rotatable bonds is 8. The SMILES string of the molecule is CCN(CC)CCn1c(NC(=O)c2cccc(-n3ccnc3)n2)nc2ccccc21. The van der Waals surface area contributed by atoms with E-state index < -0.39 is 0 Å². The number of aromatic nitrogens is 5. The predicted molar refractivity (Wildman–Crippen MR) is 117 cm³/mol. The third kappa shape index (κ3) is 4.08. The van der Waals surface area contributed by atoms with Crippen molar-refractivity contribution in [3.63, 3.8) is 0 Å². The molecular formula is C22H25N7O. The summed E-state index contributed by atoms with van der Waals surface area (Å²) in [7, 11) is 0. The van der Waals surface area contributed by atoms with Gasteiger partial charge in [0.05, 0.1) is 11.0 Å². The molecule has 3 heterocycles. The maximum absolute atomic E-state index is 13.0. The number of hydrogen-bond donors (Lipinski definition) is 1. The Kier molecular flexibility index (Phi) is 5.85. The molecule has 0 aliphatic heterocycles. The lowest BCUT2D eigenvalue weighted by molar-refractivity contribution is 0.102. The molecule has 1 amide bonds. The second kappa shape index (κ2) is 8.87. The van der Waals surface area contributed by atoms with Gasteiger partial charge in [0.15, 0.2) is 0 Å². The summed E-state index contributed by atoms with van der Waals surface area (Å²) in [4.78, 5) is 28.4. The van der Waals surface area contributed by atoms with E-state index in [1.807, 2.05) is 30.3 Å². The van der Waals surface area contributed by atoms with Crippen LogP contribution in [0.4, 0.5) is 5.95 Å². The number of fused-ring (bicyclic) bond motifs is 1. The van der Waals surface area contributed by atoms with E-state index in [1.54, 1.807) is 35.4 Å². The van der Waals surface area contributed by atoms with E-state index in [2.05, 4.69) is 43.6 Å². The molecule has 154 valence electrons. The first-order chi connectivity index (χ1) is 14.7. The number of para-hydroxylation sites is 2. The number of pyridine rings is 1. The number of nitrogens with zero attached hydrogens (tertiary/aromatic N) is 6. The van der Waals surface area contributed by atoms with Crippen LogP contribution in [-0.2, 0) is 6.54 Å². The molecule has 0 unspecified atom stereocenters. The van der Waals surface area contributed by atoms with Crippen LogP contribution in [0.5, 0.6) is 0 Å². The van der Waals surface area contributed by atoms with Gasteiger partial charge >= 0.3 is 0 Å². The quantitative estimate of drug-likeness (QED) is 0.489. The number of carbonyl (C=O) groups is 1. The Balaban J connectivity index is 1.61. The highest BCUT2D eigenvalue weighted by atomic mass is 16.2. The van der Waals surface area contributed by atoms with Crippen LogP contribution in [-0.4, -0.2) is 54.5 Å². The molecule has 0 saturated carbocycles. The number of likely N-dealkylation sites (N-methyl/N-ethyl adjacent to an activating group) is 1. The van der Waals surface area contributed by atoms with Crippen LogP contribution in [0.1, 0.15) is 24.3 Å². The second-order valence-corrected chi connectivity index (χ2v) is 6.91. The zero-order valence-corrected chi connectivity index (χ0v) is 17.2. The monoisotopic (exact) mass is 403 g/mol. The molecular weight excluding hydrogens is 378 g/mol. The summed E-state index contributed by atoms with van der Waals surface area (Å²) < 4.78 is 3.82. The molecule has 8 heteroatoms. The van der Waals surface area contributed by atoms with Gasteiger partial charge in [-0.25, -0.2) is 15.0 Å². The highest BCUT2D eigenvalue weighted by Crippen LogP contribution is 2.20. The van der Waals surface area contributed by atoms with Gasteiger partial charge in [0.2, 0.25) is 5.95 Å². The van der Waals surface area contributed by atoms with Crippen molar-refractivity contribution in [2.45, 2.75) is 20.4 Å². The Hall–Kier alpha value is -3.52. The van der Waals surface area contributed by atoms with E-state index >= 15 is 0 Å². The zero-order chi connectivity index (χ0) is 20.9. The van der Waals surface area contributed by atoms with Crippen molar-refractivity contribution in [1.29, 1.82) is 0 Å². The third-order valence-electron chi connectivity index (χ3n) is 5.15. The lowest BCUT2D eigenvalue weighted by Crippen LogP contribution is -2.28. The minimum atomic E-state index is -0.295. The van der Waals surface area contributed by atoms with Crippen molar-refractivity contribution >= 4 is 22.9 Å². The molecule has 0 aliphatic carbocycles. The number of hydrogen-bond acceptors (Lipinski definition) is 5. The Bertz CT molecular complexity index is 1130. The highest BCUT2D eigenvalue weighted by Gasteiger charge is 2.16. The van der Waals surface area contributed by atoms with E-state index in [1.165, 1.54) is 0 Å². The molecule has 3 aromatic heterocycles. The van der Waals surface area contributed by atoms with Crippen LogP contribution >= 0.6 is 0 Å². The predicted octanol–water partition coefficient (Wildman–Crippen LogP) is 3.21. The van der Waals surface area contributed by atoms with Gasteiger partial charge in [0.25, 0.3) is 5.91 Å². The van der Waals surface area contributed by atoms with Crippen LogP contribution in [0, 0.1) is 0 Å². The molecule has 1 aromatic carbocycles. The minimum absolute atomic E-state index is 0.295. The van der Waals surface area contributed by atoms with E-state index in [4.69, 9.17) is 0 Å². The normalized spacial score (nSPS) is 11.3. The number of amides is 1. The smallest absolute Gasteiger partial charge is 0.276 e. The first kappa shape index (κ1) is 19.8. The van der Waals surface area contributed by atoms with Crippen LogP contribution in [0.3, 0.4) is 0 Å². The van der Waals surface area contributed by atoms with E-state index in [-0.39, 0.29) is 5.91 Å². The molecule has 0 radical (unpaired) electrons. The number of imidazole rings is 2. The van der Waals surface area contributed by atoms with Crippen molar-refractivity contribution in [1.82, 2.24) is 29.0 Å². The van der Waals surface area contributed by atoms with Crippen molar-refractivity contribution in [3.05, 3.63) is 66.9 Å². The summed E-state index contributed by atoms with van der Waals surface area (Å²) >= 11 is 0. The standard InChI is InChI=1S/C22H25N7O/c1-3-27(4-2)14-15-29-19-10-6-5-8-17(19)25-22(29)26-21(30)18-9-7-11-20(24-18)28-13-12-23-16-28/h5-13,16H,3-4,14-15H2,1-2H3,(H,25,26,30). The van der Waals surface area contributed by atoms with Gasteiger partial charge < -0.3 is 9.47 Å². The average molecular weight is 403 g/mol. The number of anilines is 1. The molecule has 4 aromatic rings. The van der Waals surface area contributed by atoms with E-state index in [0.717, 1.165) is 37.2 Å². The van der Waals surface area contributed by atoms with Gasteiger partial charge in [-0.1, -0.05) is 32.0 Å². The van der Waals surface area contributed by atoms with Crippen LogP contribution in [0.15, 0.2) is 61.2 Å². The average Bonchev–Trinajstić information content (AvgIpc) is 3.43.